The lowest BCUT2D eigenvalue weighted by Gasteiger charge is -2.18. The second-order valence-electron chi connectivity index (χ2n) is 5.05. The van der Waals surface area contributed by atoms with Crippen molar-refractivity contribution in [2.24, 2.45) is 0 Å². The molecule has 1 aromatic heterocycles. The van der Waals surface area contributed by atoms with Gasteiger partial charge in [-0.1, -0.05) is 15.9 Å². The third-order valence-corrected chi connectivity index (χ3v) is 4.08. The number of carbonyl (C=O) groups is 1. The van der Waals surface area contributed by atoms with E-state index in [4.69, 9.17) is 0 Å². The van der Waals surface area contributed by atoms with E-state index in [1.165, 1.54) is 0 Å². The van der Waals surface area contributed by atoms with Crippen molar-refractivity contribution < 1.29 is 4.79 Å². The largest absolute Gasteiger partial charge is 0.337 e. The van der Waals surface area contributed by atoms with Crippen LogP contribution >= 0.6 is 15.9 Å². The van der Waals surface area contributed by atoms with Crippen LogP contribution in [0.25, 0.3) is 5.69 Å². The van der Waals surface area contributed by atoms with Crippen LogP contribution < -0.4 is 5.32 Å². The van der Waals surface area contributed by atoms with Gasteiger partial charge in [0.2, 0.25) is 0 Å². The van der Waals surface area contributed by atoms with Gasteiger partial charge < -0.3 is 10.2 Å². The first kappa shape index (κ1) is 14.3. The molecule has 1 aliphatic rings. The van der Waals surface area contributed by atoms with Gasteiger partial charge in [0.25, 0.3) is 5.91 Å². The van der Waals surface area contributed by atoms with Gasteiger partial charge in [-0.05, 0) is 37.2 Å². The first-order valence-electron chi connectivity index (χ1n) is 7.04. The number of hydrogen-bond acceptors (Lipinski definition) is 3. The molecular formula is C15H17BrN4O. The maximum Gasteiger partial charge on any atom is 0.257 e. The molecule has 2 heterocycles. The summed E-state index contributed by atoms with van der Waals surface area (Å²) in [6, 6.07) is 7.83. The van der Waals surface area contributed by atoms with E-state index < -0.39 is 0 Å². The summed E-state index contributed by atoms with van der Waals surface area (Å²) in [6.07, 6.45) is 4.43. The number of rotatable bonds is 2. The van der Waals surface area contributed by atoms with Crippen LogP contribution in [0.5, 0.6) is 0 Å². The molecule has 1 amide bonds. The zero-order valence-electron chi connectivity index (χ0n) is 11.6. The Labute approximate surface area is 132 Å². The van der Waals surface area contributed by atoms with Gasteiger partial charge in [-0.15, -0.1) is 0 Å². The monoisotopic (exact) mass is 348 g/mol. The lowest BCUT2D eigenvalue weighted by atomic mass is 10.3. The van der Waals surface area contributed by atoms with Crippen LogP contribution in [0.2, 0.25) is 0 Å². The summed E-state index contributed by atoms with van der Waals surface area (Å²) in [5, 5.41) is 7.59. The molecule has 1 N–H and O–H groups in total. The predicted molar refractivity (Wildman–Crippen MR) is 84.7 cm³/mol. The number of amides is 1. The second kappa shape index (κ2) is 6.41. The quantitative estimate of drug-likeness (QED) is 0.903. The summed E-state index contributed by atoms with van der Waals surface area (Å²) in [7, 11) is 0. The molecule has 1 fully saturated rings. The van der Waals surface area contributed by atoms with E-state index in [0.717, 1.165) is 42.8 Å². The van der Waals surface area contributed by atoms with Gasteiger partial charge in [0.15, 0.2) is 0 Å². The van der Waals surface area contributed by atoms with Crippen LogP contribution in [-0.4, -0.2) is 46.8 Å². The molecule has 0 bridgehead atoms. The summed E-state index contributed by atoms with van der Waals surface area (Å²) in [6.45, 7) is 3.38. The number of carbonyl (C=O) groups excluding carboxylic acids is 1. The fraction of sp³-hybridized carbons (Fsp3) is 0.333. The smallest absolute Gasteiger partial charge is 0.257 e. The molecular weight excluding hydrogens is 332 g/mol. The van der Waals surface area contributed by atoms with Crippen molar-refractivity contribution in [1.82, 2.24) is 20.0 Å². The molecule has 21 heavy (non-hydrogen) atoms. The molecule has 0 saturated carbocycles. The minimum Gasteiger partial charge on any atom is -0.337 e. The van der Waals surface area contributed by atoms with Gasteiger partial charge in [0, 0.05) is 30.3 Å². The van der Waals surface area contributed by atoms with E-state index in [2.05, 4.69) is 26.3 Å². The Morgan fingerprint density at radius 1 is 1.19 bits per heavy atom. The molecule has 1 aliphatic heterocycles. The topological polar surface area (TPSA) is 50.2 Å². The van der Waals surface area contributed by atoms with Crippen molar-refractivity contribution >= 4 is 21.8 Å². The summed E-state index contributed by atoms with van der Waals surface area (Å²) >= 11 is 3.41. The number of benzene rings is 1. The fourth-order valence-electron chi connectivity index (χ4n) is 2.40. The molecule has 0 spiro atoms. The third-order valence-electron chi connectivity index (χ3n) is 3.55. The molecule has 0 aliphatic carbocycles. The Morgan fingerprint density at radius 3 is 2.81 bits per heavy atom. The second-order valence-corrected chi connectivity index (χ2v) is 5.96. The third kappa shape index (κ3) is 3.33. The standard InChI is InChI=1S/C15H17BrN4O/c16-13-2-4-14(5-3-13)20-11-12(10-18-20)15(21)19-8-1-6-17-7-9-19/h2-5,10-11,17H,1,6-9H2. The Morgan fingerprint density at radius 2 is 2.00 bits per heavy atom. The first-order chi connectivity index (χ1) is 10.2. The highest BCUT2D eigenvalue weighted by atomic mass is 79.9. The van der Waals surface area contributed by atoms with Crippen LogP contribution in [0.1, 0.15) is 16.8 Å². The molecule has 110 valence electrons. The van der Waals surface area contributed by atoms with Crippen molar-refractivity contribution in [1.29, 1.82) is 0 Å². The van der Waals surface area contributed by atoms with E-state index in [0.29, 0.717) is 5.56 Å². The van der Waals surface area contributed by atoms with Crippen LogP contribution in [0.4, 0.5) is 0 Å². The number of halogens is 1. The van der Waals surface area contributed by atoms with Gasteiger partial charge in [0.05, 0.1) is 17.4 Å². The molecule has 2 aromatic rings. The van der Waals surface area contributed by atoms with Crippen molar-refractivity contribution in [3.8, 4) is 5.69 Å². The predicted octanol–water partition coefficient (Wildman–Crippen LogP) is 2.07. The minimum atomic E-state index is 0.0575. The van der Waals surface area contributed by atoms with Gasteiger partial charge >= 0.3 is 0 Å². The molecule has 1 saturated heterocycles. The molecule has 0 radical (unpaired) electrons. The minimum absolute atomic E-state index is 0.0575. The molecule has 3 rings (SSSR count). The van der Waals surface area contributed by atoms with E-state index >= 15 is 0 Å². The Bertz CT molecular complexity index is 615. The van der Waals surface area contributed by atoms with E-state index in [1.807, 2.05) is 29.2 Å². The Hall–Kier alpha value is -1.66. The van der Waals surface area contributed by atoms with E-state index in [-0.39, 0.29) is 5.91 Å². The highest BCUT2D eigenvalue weighted by Crippen LogP contribution is 2.15. The maximum absolute atomic E-state index is 12.5. The van der Waals surface area contributed by atoms with Crippen molar-refractivity contribution in [3.05, 3.63) is 46.7 Å². The van der Waals surface area contributed by atoms with E-state index in [1.54, 1.807) is 17.1 Å². The van der Waals surface area contributed by atoms with Crippen molar-refractivity contribution in [2.75, 3.05) is 26.2 Å². The molecule has 5 nitrogen and oxygen atoms in total. The molecule has 1 aromatic carbocycles. The fourth-order valence-corrected chi connectivity index (χ4v) is 2.66. The Balaban J connectivity index is 1.77. The van der Waals surface area contributed by atoms with Gasteiger partial charge in [-0.3, -0.25) is 4.79 Å². The van der Waals surface area contributed by atoms with Crippen LogP contribution in [0, 0.1) is 0 Å². The molecule has 0 unspecified atom stereocenters. The van der Waals surface area contributed by atoms with Crippen molar-refractivity contribution in [2.45, 2.75) is 6.42 Å². The average molecular weight is 349 g/mol. The number of nitrogens with one attached hydrogen (secondary N) is 1. The zero-order chi connectivity index (χ0) is 14.7. The zero-order valence-corrected chi connectivity index (χ0v) is 13.2. The number of aromatic nitrogens is 2. The van der Waals surface area contributed by atoms with Gasteiger partial charge in [0.1, 0.15) is 0 Å². The molecule has 0 atom stereocenters. The Kier molecular flexibility index (Phi) is 4.36. The van der Waals surface area contributed by atoms with Crippen LogP contribution in [-0.2, 0) is 0 Å². The summed E-state index contributed by atoms with van der Waals surface area (Å²) in [5.74, 6) is 0.0575. The summed E-state index contributed by atoms with van der Waals surface area (Å²) in [5.41, 5.74) is 1.58. The summed E-state index contributed by atoms with van der Waals surface area (Å²) in [4.78, 5) is 14.4. The first-order valence-corrected chi connectivity index (χ1v) is 7.84. The highest BCUT2D eigenvalue weighted by molar-refractivity contribution is 9.10. The number of nitrogens with zero attached hydrogens (tertiary/aromatic N) is 3. The normalized spacial score (nSPS) is 15.8. The molecule has 6 heteroatoms. The van der Waals surface area contributed by atoms with Crippen molar-refractivity contribution in [3.63, 3.8) is 0 Å². The maximum atomic E-state index is 12.5. The lowest BCUT2D eigenvalue weighted by molar-refractivity contribution is 0.0766. The average Bonchev–Trinajstić information content (AvgIpc) is 2.83. The number of hydrogen-bond donors (Lipinski definition) is 1. The van der Waals surface area contributed by atoms with E-state index in [9.17, 15) is 4.79 Å². The SMILES string of the molecule is O=C(c1cnn(-c2ccc(Br)cc2)c1)N1CCCNCC1. The highest BCUT2D eigenvalue weighted by Gasteiger charge is 2.18. The summed E-state index contributed by atoms with van der Waals surface area (Å²) < 4.78 is 2.75. The van der Waals surface area contributed by atoms with Crippen LogP contribution in [0.15, 0.2) is 41.1 Å². The van der Waals surface area contributed by atoms with Gasteiger partial charge in [-0.25, -0.2) is 4.68 Å². The van der Waals surface area contributed by atoms with Crippen LogP contribution in [0.3, 0.4) is 0 Å². The van der Waals surface area contributed by atoms with Gasteiger partial charge in [-0.2, -0.15) is 5.10 Å². The lowest BCUT2D eigenvalue weighted by Crippen LogP contribution is -2.33.